The summed E-state index contributed by atoms with van der Waals surface area (Å²) in [5.74, 6) is -0.761. The van der Waals surface area contributed by atoms with Crippen molar-refractivity contribution in [2.45, 2.75) is 6.18 Å². The molecule has 3 amide bonds. The second-order valence-electron chi connectivity index (χ2n) is 7.37. The van der Waals surface area contributed by atoms with Gasteiger partial charge in [-0.05, 0) is 29.5 Å². The minimum absolute atomic E-state index is 0.0234. The molecule has 0 aromatic heterocycles. The van der Waals surface area contributed by atoms with Gasteiger partial charge in [0, 0.05) is 44.3 Å². The Morgan fingerprint density at radius 3 is 2.44 bits per heavy atom. The number of halogens is 4. The van der Waals surface area contributed by atoms with Crippen LogP contribution < -0.4 is 5.32 Å². The average molecular weight is 491 g/mol. The summed E-state index contributed by atoms with van der Waals surface area (Å²) in [6.45, 7) is 0.408. The van der Waals surface area contributed by atoms with Crippen LogP contribution in [0.4, 0.5) is 18.0 Å². The van der Waals surface area contributed by atoms with Crippen molar-refractivity contribution < 1.29 is 27.6 Å². The topological polar surface area (TPSA) is 73.0 Å². The summed E-state index contributed by atoms with van der Waals surface area (Å²) in [5.41, 5.74) is 0.628. The van der Waals surface area contributed by atoms with Crippen molar-refractivity contribution in [3.63, 3.8) is 0 Å². The molecular formula is C20H22ClF3N4O3S. The Balaban J connectivity index is 1.41. The van der Waals surface area contributed by atoms with E-state index in [1.54, 1.807) is 35.2 Å². The maximum absolute atomic E-state index is 12.5. The molecule has 0 aliphatic carbocycles. The highest BCUT2D eigenvalue weighted by Gasteiger charge is 2.35. The molecule has 0 atom stereocenters. The molecule has 2 aliphatic rings. The largest absolute Gasteiger partial charge is 0.401 e. The highest BCUT2D eigenvalue weighted by Crippen LogP contribution is 2.33. The Labute approximate surface area is 192 Å². The van der Waals surface area contributed by atoms with E-state index in [0.717, 1.165) is 16.7 Å². The van der Waals surface area contributed by atoms with Crippen LogP contribution in [0, 0.1) is 0 Å². The number of amides is 3. The van der Waals surface area contributed by atoms with E-state index in [0.29, 0.717) is 23.7 Å². The van der Waals surface area contributed by atoms with Gasteiger partial charge in [0.2, 0.25) is 5.91 Å². The van der Waals surface area contributed by atoms with Gasteiger partial charge < -0.3 is 5.32 Å². The molecule has 0 unspecified atom stereocenters. The summed E-state index contributed by atoms with van der Waals surface area (Å²) in [7, 11) is 0. The zero-order valence-corrected chi connectivity index (χ0v) is 18.6. The van der Waals surface area contributed by atoms with Gasteiger partial charge in [0.25, 0.3) is 11.1 Å². The monoisotopic (exact) mass is 490 g/mol. The Hall–Kier alpha value is -2.08. The lowest BCUT2D eigenvalue weighted by Gasteiger charge is -2.34. The van der Waals surface area contributed by atoms with Gasteiger partial charge in [0.15, 0.2) is 0 Å². The highest BCUT2D eigenvalue weighted by molar-refractivity contribution is 8.18. The van der Waals surface area contributed by atoms with Crippen molar-refractivity contribution >= 4 is 46.5 Å². The maximum atomic E-state index is 12.5. The number of hydrogen-bond acceptors (Lipinski definition) is 6. The van der Waals surface area contributed by atoms with Crippen LogP contribution in [-0.4, -0.2) is 90.3 Å². The summed E-state index contributed by atoms with van der Waals surface area (Å²) in [5, 5.41) is 2.69. The summed E-state index contributed by atoms with van der Waals surface area (Å²) in [6, 6.07) is 6.95. The molecule has 0 radical (unpaired) electrons. The standard InChI is InChI=1S/C20H22ClF3N4O3S/c21-15-4-2-1-3-14(15)11-16-18(30)28(19(31)32-16)6-5-25-17(29)12-26-7-9-27(10-8-26)13-20(22,23)24/h1-4,11H,5-10,12-13H2,(H,25,29). The number of carbonyl (C=O) groups excluding carboxylic acids is 3. The van der Waals surface area contributed by atoms with E-state index in [4.69, 9.17) is 11.6 Å². The van der Waals surface area contributed by atoms with Gasteiger partial charge >= 0.3 is 6.18 Å². The number of piperazine rings is 1. The number of thioether (sulfide) groups is 1. The second-order valence-corrected chi connectivity index (χ2v) is 8.77. The molecule has 2 saturated heterocycles. The minimum Gasteiger partial charge on any atom is -0.353 e. The third-order valence-corrected chi connectivity index (χ3v) is 6.21. The van der Waals surface area contributed by atoms with Gasteiger partial charge in [0.1, 0.15) is 0 Å². The molecule has 1 N–H and O–H groups in total. The molecule has 2 fully saturated rings. The van der Waals surface area contributed by atoms with E-state index >= 15 is 0 Å². The first-order valence-corrected chi connectivity index (χ1v) is 11.1. The first-order valence-electron chi connectivity index (χ1n) is 9.90. The van der Waals surface area contributed by atoms with Gasteiger partial charge in [-0.15, -0.1) is 0 Å². The molecule has 7 nitrogen and oxygen atoms in total. The van der Waals surface area contributed by atoms with Crippen LogP contribution >= 0.6 is 23.4 Å². The van der Waals surface area contributed by atoms with Crippen molar-refractivity contribution in [3.05, 3.63) is 39.8 Å². The molecule has 0 saturated carbocycles. The molecule has 1 aromatic rings. The summed E-state index contributed by atoms with van der Waals surface area (Å²) < 4.78 is 37.3. The Bertz CT molecular complexity index is 904. The normalized spacial score (nSPS) is 19.8. The van der Waals surface area contributed by atoms with Gasteiger partial charge in [-0.3, -0.25) is 29.1 Å². The predicted octanol–water partition coefficient (Wildman–Crippen LogP) is 2.67. The van der Waals surface area contributed by atoms with Crippen LogP contribution in [0.15, 0.2) is 29.2 Å². The van der Waals surface area contributed by atoms with E-state index in [2.05, 4.69) is 5.32 Å². The minimum atomic E-state index is -4.23. The lowest BCUT2D eigenvalue weighted by atomic mass is 10.2. The molecule has 0 bridgehead atoms. The van der Waals surface area contributed by atoms with Crippen molar-refractivity contribution in [2.24, 2.45) is 0 Å². The summed E-state index contributed by atoms with van der Waals surface area (Å²) in [4.78, 5) is 41.2. The van der Waals surface area contributed by atoms with Crippen LogP contribution in [0.5, 0.6) is 0 Å². The van der Waals surface area contributed by atoms with E-state index in [1.165, 1.54) is 4.90 Å². The Morgan fingerprint density at radius 2 is 1.78 bits per heavy atom. The van der Waals surface area contributed by atoms with Gasteiger partial charge in [-0.1, -0.05) is 29.8 Å². The Kier molecular flexibility index (Phi) is 8.21. The van der Waals surface area contributed by atoms with Crippen molar-refractivity contribution in [3.8, 4) is 0 Å². The van der Waals surface area contributed by atoms with Gasteiger partial charge in [-0.2, -0.15) is 13.2 Å². The molecule has 2 heterocycles. The highest BCUT2D eigenvalue weighted by atomic mass is 35.5. The number of nitrogens with zero attached hydrogens (tertiary/aromatic N) is 3. The van der Waals surface area contributed by atoms with Crippen molar-refractivity contribution in [1.82, 2.24) is 20.0 Å². The fourth-order valence-corrected chi connectivity index (χ4v) is 4.40. The summed E-state index contributed by atoms with van der Waals surface area (Å²) >= 11 is 6.90. The zero-order chi connectivity index (χ0) is 23.3. The molecule has 1 aromatic carbocycles. The van der Waals surface area contributed by atoms with Crippen LogP contribution in [0.1, 0.15) is 5.56 Å². The molecule has 2 aliphatic heterocycles. The predicted molar refractivity (Wildman–Crippen MR) is 116 cm³/mol. The molecule has 12 heteroatoms. The number of hydrogen-bond donors (Lipinski definition) is 1. The quantitative estimate of drug-likeness (QED) is 0.592. The van der Waals surface area contributed by atoms with E-state index in [9.17, 15) is 27.6 Å². The number of nitrogens with one attached hydrogen (secondary N) is 1. The fourth-order valence-electron chi connectivity index (χ4n) is 3.35. The number of imide groups is 1. The van der Waals surface area contributed by atoms with Gasteiger partial charge in [0.05, 0.1) is 18.0 Å². The zero-order valence-electron chi connectivity index (χ0n) is 17.0. The Morgan fingerprint density at radius 1 is 1.12 bits per heavy atom. The average Bonchev–Trinajstić information content (AvgIpc) is 2.97. The molecule has 32 heavy (non-hydrogen) atoms. The molecular weight excluding hydrogens is 469 g/mol. The van der Waals surface area contributed by atoms with Crippen molar-refractivity contribution in [1.29, 1.82) is 0 Å². The number of alkyl halides is 3. The fraction of sp³-hybridized carbons (Fsp3) is 0.450. The van der Waals surface area contributed by atoms with Crippen LogP contribution in [0.3, 0.4) is 0 Å². The first-order chi connectivity index (χ1) is 15.1. The van der Waals surface area contributed by atoms with E-state index in [1.807, 2.05) is 0 Å². The smallest absolute Gasteiger partial charge is 0.353 e. The number of benzene rings is 1. The molecule has 3 rings (SSSR count). The number of carbonyl (C=O) groups is 3. The van der Waals surface area contributed by atoms with Crippen LogP contribution in [0.25, 0.3) is 6.08 Å². The van der Waals surface area contributed by atoms with Crippen LogP contribution in [0.2, 0.25) is 5.02 Å². The lowest BCUT2D eigenvalue weighted by Crippen LogP contribution is -2.51. The third kappa shape index (κ3) is 6.96. The van der Waals surface area contributed by atoms with E-state index < -0.39 is 23.9 Å². The SMILES string of the molecule is O=C(CN1CCN(CC(F)(F)F)CC1)NCCN1C(=O)SC(=Cc2ccccc2Cl)C1=O. The van der Waals surface area contributed by atoms with Crippen LogP contribution in [-0.2, 0) is 9.59 Å². The van der Waals surface area contributed by atoms with Gasteiger partial charge in [-0.25, -0.2) is 0 Å². The third-order valence-electron chi connectivity index (χ3n) is 4.96. The lowest BCUT2D eigenvalue weighted by molar-refractivity contribution is -0.149. The molecule has 0 spiro atoms. The summed E-state index contributed by atoms with van der Waals surface area (Å²) in [6.07, 6.45) is -2.67. The second kappa shape index (κ2) is 10.7. The first kappa shape index (κ1) is 24.6. The van der Waals surface area contributed by atoms with E-state index in [-0.39, 0.29) is 43.5 Å². The maximum Gasteiger partial charge on any atom is 0.401 e. The molecule has 174 valence electrons. The number of rotatable bonds is 7. The van der Waals surface area contributed by atoms with Crippen molar-refractivity contribution in [2.75, 3.05) is 52.4 Å².